The van der Waals surface area contributed by atoms with Crippen LogP contribution in [0.5, 0.6) is 0 Å². The number of halogens is 1. The van der Waals surface area contributed by atoms with Crippen LogP contribution in [0.1, 0.15) is 45.7 Å². The van der Waals surface area contributed by atoms with Crippen molar-refractivity contribution in [3.05, 3.63) is 16.9 Å². The Bertz CT molecular complexity index is 427. The molecule has 0 aliphatic carbocycles. The third-order valence-electron chi connectivity index (χ3n) is 3.26. The van der Waals surface area contributed by atoms with Crippen LogP contribution in [0.2, 0.25) is 5.02 Å². The first-order chi connectivity index (χ1) is 8.92. The van der Waals surface area contributed by atoms with Crippen LogP contribution in [0.15, 0.2) is 6.20 Å². The molecule has 0 spiro atoms. The maximum Gasteiger partial charge on any atom is 0.106 e. The molecule has 0 aromatic carbocycles. The Balaban J connectivity index is 2.55. The topological polar surface area (TPSA) is 53.6 Å². The van der Waals surface area contributed by atoms with E-state index in [1.165, 1.54) is 0 Å². The molecule has 0 aliphatic rings. The summed E-state index contributed by atoms with van der Waals surface area (Å²) in [5, 5.41) is 17.8. The van der Waals surface area contributed by atoms with Gasteiger partial charge in [-0.3, -0.25) is 10.00 Å². The van der Waals surface area contributed by atoms with E-state index in [-0.39, 0.29) is 0 Å². The zero-order valence-electron chi connectivity index (χ0n) is 12.2. The fraction of sp³-hybridized carbons (Fsp3) is 0.714. The number of hydrogen-bond acceptors (Lipinski definition) is 3. The van der Waals surface area contributed by atoms with Crippen molar-refractivity contribution in [2.45, 2.75) is 65.1 Å². The van der Waals surface area contributed by atoms with E-state index in [0.29, 0.717) is 11.1 Å². The van der Waals surface area contributed by atoms with E-state index in [1.54, 1.807) is 0 Å². The van der Waals surface area contributed by atoms with Crippen molar-refractivity contribution in [2.75, 3.05) is 0 Å². The molecule has 1 aromatic rings. The Morgan fingerprint density at radius 2 is 2.26 bits per heavy atom. The van der Waals surface area contributed by atoms with Gasteiger partial charge in [-0.15, -0.1) is 0 Å². The molecule has 0 bridgehead atoms. The first-order valence-corrected chi connectivity index (χ1v) is 7.18. The number of aryl methyl sites for hydroxylation is 2. The fourth-order valence-electron chi connectivity index (χ4n) is 2.22. The van der Waals surface area contributed by atoms with Crippen molar-refractivity contribution in [2.24, 2.45) is 0 Å². The molecule has 4 nitrogen and oxygen atoms in total. The largest absolute Gasteiger partial charge is 0.297 e. The van der Waals surface area contributed by atoms with Crippen LogP contribution in [0.4, 0.5) is 0 Å². The summed E-state index contributed by atoms with van der Waals surface area (Å²) in [6.07, 6.45) is 4.36. The molecule has 106 valence electrons. The molecule has 1 atom stereocenters. The van der Waals surface area contributed by atoms with Gasteiger partial charge in [0.2, 0.25) is 0 Å². The minimum atomic E-state index is -0.430. The predicted octanol–water partition coefficient (Wildman–Crippen LogP) is 3.30. The van der Waals surface area contributed by atoms with Crippen molar-refractivity contribution < 1.29 is 0 Å². The molecule has 0 saturated carbocycles. The summed E-state index contributed by atoms with van der Waals surface area (Å²) in [6.45, 7) is 8.87. The smallest absolute Gasteiger partial charge is 0.106 e. The minimum Gasteiger partial charge on any atom is -0.297 e. The number of nitrogens with zero attached hydrogens (tertiary/aromatic N) is 3. The van der Waals surface area contributed by atoms with Gasteiger partial charge in [-0.25, -0.2) is 0 Å². The van der Waals surface area contributed by atoms with E-state index >= 15 is 0 Å². The van der Waals surface area contributed by atoms with Gasteiger partial charge in [0.15, 0.2) is 0 Å². The van der Waals surface area contributed by atoms with Crippen molar-refractivity contribution >= 4 is 11.6 Å². The number of aromatic nitrogens is 2. The lowest BCUT2D eigenvalue weighted by atomic mass is 9.91. The molecule has 1 aromatic heterocycles. The van der Waals surface area contributed by atoms with Gasteiger partial charge < -0.3 is 0 Å². The molecule has 5 heteroatoms. The van der Waals surface area contributed by atoms with E-state index in [4.69, 9.17) is 11.6 Å². The molecular formula is C14H23ClN4. The molecule has 1 unspecified atom stereocenters. The number of nitrogens with one attached hydrogen (secondary N) is 1. The monoisotopic (exact) mass is 282 g/mol. The molecule has 0 radical (unpaired) electrons. The number of hydrogen-bond donors (Lipinski definition) is 1. The van der Waals surface area contributed by atoms with Crippen molar-refractivity contribution in [3.63, 3.8) is 0 Å². The van der Waals surface area contributed by atoms with E-state index in [2.05, 4.69) is 30.3 Å². The van der Waals surface area contributed by atoms with E-state index in [0.717, 1.165) is 31.5 Å². The summed E-state index contributed by atoms with van der Waals surface area (Å²) < 4.78 is 1.85. The van der Waals surface area contributed by atoms with Gasteiger partial charge in [0, 0.05) is 18.8 Å². The third-order valence-corrected chi connectivity index (χ3v) is 3.63. The van der Waals surface area contributed by atoms with Crippen LogP contribution in [-0.2, 0) is 6.54 Å². The van der Waals surface area contributed by atoms with Crippen LogP contribution in [0.3, 0.4) is 0 Å². The van der Waals surface area contributed by atoms with Gasteiger partial charge in [-0.1, -0.05) is 18.5 Å². The summed E-state index contributed by atoms with van der Waals surface area (Å²) in [6, 6.07) is 2.74. The first-order valence-electron chi connectivity index (χ1n) is 6.81. The first kappa shape index (κ1) is 16.0. The van der Waals surface area contributed by atoms with E-state index < -0.39 is 5.54 Å². The van der Waals surface area contributed by atoms with Crippen LogP contribution >= 0.6 is 11.6 Å². The van der Waals surface area contributed by atoms with E-state index in [9.17, 15) is 5.26 Å². The lowest BCUT2D eigenvalue weighted by Gasteiger charge is -2.29. The maximum atomic E-state index is 9.41. The molecule has 0 fully saturated rings. The van der Waals surface area contributed by atoms with Gasteiger partial charge in [-0.05, 0) is 40.0 Å². The second-order valence-corrected chi connectivity index (χ2v) is 5.68. The van der Waals surface area contributed by atoms with Crippen LogP contribution in [-0.4, -0.2) is 21.4 Å². The Labute approximate surface area is 120 Å². The summed E-state index contributed by atoms with van der Waals surface area (Å²) in [7, 11) is 0. The number of nitriles is 1. The molecular weight excluding hydrogens is 260 g/mol. The molecule has 19 heavy (non-hydrogen) atoms. The Morgan fingerprint density at radius 1 is 1.58 bits per heavy atom. The SMILES string of the molecule is CCC(C#N)(CCCn1cc(Cl)c(C)n1)NC(C)C. The van der Waals surface area contributed by atoms with Crippen molar-refractivity contribution in [1.82, 2.24) is 15.1 Å². The highest BCUT2D eigenvalue weighted by Crippen LogP contribution is 2.19. The Hall–Kier alpha value is -1.05. The fourth-order valence-corrected chi connectivity index (χ4v) is 2.37. The Morgan fingerprint density at radius 3 is 2.68 bits per heavy atom. The highest BCUT2D eigenvalue weighted by atomic mass is 35.5. The second kappa shape index (κ2) is 6.93. The highest BCUT2D eigenvalue weighted by molar-refractivity contribution is 6.31. The normalized spacial score (nSPS) is 14.4. The average Bonchev–Trinajstić information content (AvgIpc) is 2.67. The quantitative estimate of drug-likeness (QED) is 0.835. The van der Waals surface area contributed by atoms with E-state index in [1.807, 2.05) is 24.7 Å². The summed E-state index contributed by atoms with van der Waals surface area (Å²) >= 11 is 5.97. The van der Waals surface area contributed by atoms with Gasteiger partial charge in [-0.2, -0.15) is 10.4 Å². The van der Waals surface area contributed by atoms with Gasteiger partial charge in [0.25, 0.3) is 0 Å². The molecule has 0 aliphatic heterocycles. The molecule has 1 rings (SSSR count). The Kier molecular flexibility index (Phi) is 5.84. The number of rotatable bonds is 7. The van der Waals surface area contributed by atoms with Crippen LogP contribution in [0, 0.1) is 18.3 Å². The van der Waals surface area contributed by atoms with Crippen LogP contribution < -0.4 is 5.32 Å². The van der Waals surface area contributed by atoms with Crippen molar-refractivity contribution in [3.8, 4) is 6.07 Å². The second-order valence-electron chi connectivity index (χ2n) is 5.28. The predicted molar refractivity (Wildman–Crippen MR) is 78.1 cm³/mol. The minimum absolute atomic E-state index is 0.306. The molecule has 1 N–H and O–H groups in total. The lowest BCUT2D eigenvalue weighted by molar-refractivity contribution is 0.326. The molecule has 1 heterocycles. The molecule has 0 amide bonds. The van der Waals surface area contributed by atoms with Gasteiger partial charge in [0.1, 0.15) is 5.54 Å². The average molecular weight is 283 g/mol. The standard InChI is InChI=1S/C14H23ClN4/c1-5-14(10-16,17-11(2)3)7-6-8-19-9-13(15)12(4)18-19/h9,11,17H,5-8H2,1-4H3. The maximum absolute atomic E-state index is 9.41. The third kappa shape index (κ3) is 4.52. The zero-order chi connectivity index (χ0) is 14.5. The summed E-state index contributed by atoms with van der Waals surface area (Å²) in [5.41, 5.74) is 0.421. The highest BCUT2D eigenvalue weighted by Gasteiger charge is 2.27. The van der Waals surface area contributed by atoms with Gasteiger partial charge >= 0.3 is 0 Å². The van der Waals surface area contributed by atoms with Crippen molar-refractivity contribution in [1.29, 1.82) is 5.26 Å². The zero-order valence-corrected chi connectivity index (χ0v) is 13.0. The summed E-state index contributed by atoms with van der Waals surface area (Å²) in [5.74, 6) is 0. The lowest BCUT2D eigenvalue weighted by Crippen LogP contribution is -2.47. The van der Waals surface area contributed by atoms with Crippen LogP contribution in [0.25, 0.3) is 0 Å². The van der Waals surface area contributed by atoms with Gasteiger partial charge in [0.05, 0.1) is 16.8 Å². The molecule has 0 saturated heterocycles. The summed E-state index contributed by atoms with van der Waals surface area (Å²) in [4.78, 5) is 0.